The smallest absolute Gasteiger partial charge is 0.319 e. The Hall–Kier alpha value is -2.47. The van der Waals surface area contributed by atoms with Crippen LogP contribution in [-0.4, -0.2) is 22.5 Å². The summed E-state index contributed by atoms with van der Waals surface area (Å²) in [6.07, 6.45) is 2.49. The largest absolute Gasteiger partial charge is 0.337 e. The molecule has 0 aliphatic carbocycles. The van der Waals surface area contributed by atoms with Gasteiger partial charge >= 0.3 is 6.03 Å². The van der Waals surface area contributed by atoms with Crippen LogP contribution in [0.2, 0.25) is 0 Å². The number of hydrogen-bond donors (Lipinski definition) is 2. The quantitative estimate of drug-likeness (QED) is 0.709. The van der Waals surface area contributed by atoms with Crippen LogP contribution < -0.4 is 10.6 Å². The van der Waals surface area contributed by atoms with Gasteiger partial charge in [0.2, 0.25) is 0 Å². The molecule has 0 saturated heterocycles. The molecular formula is C19H22N4OS. The molecule has 0 aliphatic rings. The lowest BCUT2D eigenvalue weighted by Gasteiger charge is -2.10. The first-order chi connectivity index (χ1) is 12.0. The lowest BCUT2D eigenvalue weighted by molar-refractivity contribution is 0.252. The van der Waals surface area contributed by atoms with Gasteiger partial charge in [-0.1, -0.05) is 19.9 Å². The molecule has 0 fully saturated rings. The number of urea groups is 1. The summed E-state index contributed by atoms with van der Waals surface area (Å²) in [7, 11) is 0. The van der Waals surface area contributed by atoms with E-state index in [1.807, 2.05) is 31.2 Å². The molecule has 0 spiro atoms. The van der Waals surface area contributed by atoms with Crippen molar-refractivity contribution in [3.8, 4) is 0 Å². The van der Waals surface area contributed by atoms with Crippen molar-refractivity contribution >= 4 is 34.0 Å². The SMILES string of the molecule is Cc1ccc(NC(=O)NCCc2csc(C(C)C)n2)c2cccnc12. The average molecular weight is 354 g/mol. The summed E-state index contributed by atoms with van der Waals surface area (Å²) in [5.41, 5.74) is 3.79. The molecule has 2 heterocycles. The fourth-order valence-electron chi connectivity index (χ4n) is 2.60. The first-order valence-electron chi connectivity index (χ1n) is 8.38. The summed E-state index contributed by atoms with van der Waals surface area (Å²) in [6.45, 7) is 6.83. The molecule has 5 nitrogen and oxygen atoms in total. The molecule has 6 heteroatoms. The van der Waals surface area contributed by atoms with Crippen LogP contribution in [0.5, 0.6) is 0 Å². The topological polar surface area (TPSA) is 66.9 Å². The van der Waals surface area contributed by atoms with E-state index in [9.17, 15) is 4.79 Å². The lowest BCUT2D eigenvalue weighted by Crippen LogP contribution is -2.30. The number of carbonyl (C=O) groups excluding carboxylic acids is 1. The van der Waals surface area contributed by atoms with E-state index in [0.717, 1.165) is 39.3 Å². The van der Waals surface area contributed by atoms with E-state index in [1.54, 1.807) is 17.5 Å². The average Bonchev–Trinajstić information content (AvgIpc) is 3.07. The van der Waals surface area contributed by atoms with Gasteiger partial charge in [0.1, 0.15) is 0 Å². The molecule has 0 radical (unpaired) electrons. The maximum absolute atomic E-state index is 12.2. The number of pyridine rings is 1. The van der Waals surface area contributed by atoms with E-state index in [1.165, 1.54) is 0 Å². The normalized spacial score (nSPS) is 11.0. The van der Waals surface area contributed by atoms with Crippen LogP contribution in [0.1, 0.15) is 36.0 Å². The second kappa shape index (κ2) is 7.61. The number of carbonyl (C=O) groups is 1. The number of thiazole rings is 1. The maximum atomic E-state index is 12.2. The summed E-state index contributed by atoms with van der Waals surface area (Å²) in [5, 5.41) is 9.95. The highest BCUT2D eigenvalue weighted by atomic mass is 32.1. The van der Waals surface area contributed by atoms with Gasteiger partial charge < -0.3 is 10.6 Å². The predicted molar refractivity (Wildman–Crippen MR) is 103 cm³/mol. The van der Waals surface area contributed by atoms with Gasteiger partial charge in [-0.3, -0.25) is 4.98 Å². The lowest BCUT2D eigenvalue weighted by atomic mass is 10.1. The number of anilines is 1. The van der Waals surface area contributed by atoms with E-state index >= 15 is 0 Å². The van der Waals surface area contributed by atoms with Crippen LogP contribution in [0.15, 0.2) is 35.8 Å². The van der Waals surface area contributed by atoms with Crippen LogP contribution in [0.4, 0.5) is 10.5 Å². The third kappa shape index (κ3) is 4.14. The van der Waals surface area contributed by atoms with E-state index in [-0.39, 0.29) is 6.03 Å². The molecule has 130 valence electrons. The van der Waals surface area contributed by atoms with Crippen molar-refractivity contribution in [2.24, 2.45) is 0 Å². The van der Waals surface area contributed by atoms with Gasteiger partial charge in [-0.15, -0.1) is 11.3 Å². The predicted octanol–water partition coefficient (Wildman–Crippen LogP) is 4.49. The first kappa shape index (κ1) is 17.4. The number of amides is 2. The van der Waals surface area contributed by atoms with Crippen molar-refractivity contribution in [1.29, 1.82) is 0 Å². The molecule has 0 atom stereocenters. The third-order valence-electron chi connectivity index (χ3n) is 3.95. The second-order valence-electron chi connectivity index (χ2n) is 6.29. The standard InChI is InChI=1S/C19H22N4OS/c1-12(2)18-22-14(11-25-18)8-10-21-19(24)23-16-7-6-13(3)17-15(16)5-4-9-20-17/h4-7,9,11-12H,8,10H2,1-3H3,(H2,21,23,24). The van der Waals surface area contributed by atoms with E-state index in [0.29, 0.717) is 12.5 Å². The van der Waals surface area contributed by atoms with Crippen molar-refractivity contribution in [2.45, 2.75) is 33.1 Å². The molecule has 0 unspecified atom stereocenters. The van der Waals surface area contributed by atoms with E-state index in [4.69, 9.17) is 0 Å². The molecule has 2 N–H and O–H groups in total. The Morgan fingerprint density at radius 2 is 2.12 bits per heavy atom. The third-order valence-corrected chi connectivity index (χ3v) is 5.14. The molecule has 2 aromatic heterocycles. The van der Waals surface area contributed by atoms with E-state index < -0.39 is 0 Å². The van der Waals surface area contributed by atoms with Crippen molar-refractivity contribution in [2.75, 3.05) is 11.9 Å². The Morgan fingerprint density at radius 1 is 1.28 bits per heavy atom. The van der Waals surface area contributed by atoms with Crippen LogP contribution in [0, 0.1) is 6.92 Å². The van der Waals surface area contributed by atoms with Gasteiger partial charge in [0.15, 0.2) is 0 Å². The molecule has 0 saturated carbocycles. The van der Waals surface area contributed by atoms with Gasteiger partial charge in [-0.25, -0.2) is 9.78 Å². The number of nitrogens with one attached hydrogen (secondary N) is 2. The zero-order chi connectivity index (χ0) is 17.8. The van der Waals surface area contributed by atoms with E-state index in [2.05, 4.69) is 39.8 Å². The molecule has 0 aliphatic heterocycles. The summed E-state index contributed by atoms with van der Waals surface area (Å²) in [5.74, 6) is 0.443. The second-order valence-corrected chi connectivity index (χ2v) is 7.18. The minimum Gasteiger partial charge on any atom is -0.337 e. The van der Waals surface area contributed by atoms with Crippen molar-refractivity contribution < 1.29 is 4.79 Å². The van der Waals surface area contributed by atoms with Crippen molar-refractivity contribution in [3.05, 3.63) is 52.1 Å². The molecule has 3 rings (SSSR count). The number of aryl methyl sites for hydroxylation is 1. The molecule has 0 bridgehead atoms. The number of fused-ring (bicyclic) bond motifs is 1. The van der Waals surface area contributed by atoms with Crippen LogP contribution in [-0.2, 0) is 6.42 Å². The number of nitrogens with zero attached hydrogens (tertiary/aromatic N) is 2. The van der Waals surface area contributed by atoms with Crippen molar-refractivity contribution in [1.82, 2.24) is 15.3 Å². The highest BCUT2D eigenvalue weighted by Crippen LogP contribution is 2.24. The minimum absolute atomic E-state index is 0.215. The van der Waals surface area contributed by atoms with Gasteiger partial charge in [-0.05, 0) is 30.7 Å². The van der Waals surface area contributed by atoms with Crippen molar-refractivity contribution in [3.63, 3.8) is 0 Å². The zero-order valence-electron chi connectivity index (χ0n) is 14.7. The van der Waals surface area contributed by atoms with Gasteiger partial charge in [0, 0.05) is 35.8 Å². The Labute approximate surface area is 151 Å². The number of aromatic nitrogens is 2. The Bertz CT molecular complexity index is 888. The number of benzene rings is 1. The highest BCUT2D eigenvalue weighted by molar-refractivity contribution is 7.09. The Kier molecular flexibility index (Phi) is 5.28. The zero-order valence-corrected chi connectivity index (χ0v) is 15.5. The van der Waals surface area contributed by atoms with Crippen LogP contribution in [0.3, 0.4) is 0 Å². The van der Waals surface area contributed by atoms with Crippen LogP contribution in [0.25, 0.3) is 10.9 Å². The number of rotatable bonds is 5. The monoisotopic (exact) mass is 354 g/mol. The highest BCUT2D eigenvalue weighted by Gasteiger charge is 2.09. The van der Waals surface area contributed by atoms with Gasteiger partial charge in [0.05, 0.1) is 21.9 Å². The minimum atomic E-state index is -0.215. The Balaban J connectivity index is 1.58. The molecule has 25 heavy (non-hydrogen) atoms. The van der Waals surface area contributed by atoms with Gasteiger partial charge in [0.25, 0.3) is 0 Å². The summed E-state index contributed by atoms with van der Waals surface area (Å²) >= 11 is 1.68. The molecular weight excluding hydrogens is 332 g/mol. The molecule has 1 aromatic carbocycles. The first-order valence-corrected chi connectivity index (χ1v) is 9.26. The molecule has 2 amide bonds. The maximum Gasteiger partial charge on any atom is 0.319 e. The van der Waals surface area contributed by atoms with Gasteiger partial charge in [-0.2, -0.15) is 0 Å². The van der Waals surface area contributed by atoms with Crippen LogP contribution >= 0.6 is 11.3 Å². The summed E-state index contributed by atoms with van der Waals surface area (Å²) < 4.78 is 0. The molecule has 3 aromatic rings. The fourth-order valence-corrected chi connectivity index (χ4v) is 3.47. The Morgan fingerprint density at radius 3 is 2.88 bits per heavy atom. The number of hydrogen-bond acceptors (Lipinski definition) is 4. The fraction of sp³-hybridized carbons (Fsp3) is 0.316. The summed E-state index contributed by atoms with van der Waals surface area (Å²) in [6, 6.07) is 7.50. The summed E-state index contributed by atoms with van der Waals surface area (Å²) in [4.78, 5) is 21.2.